The van der Waals surface area contributed by atoms with E-state index in [9.17, 15) is 0 Å². The molecule has 0 bridgehead atoms. The number of para-hydroxylation sites is 1. The predicted molar refractivity (Wildman–Crippen MR) is 77.0 cm³/mol. The maximum atomic E-state index is 6.01. The fourth-order valence-electron chi connectivity index (χ4n) is 3.36. The first kappa shape index (κ1) is 13.9. The molecule has 3 rings (SSSR count). The van der Waals surface area contributed by atoms with E-state index in [0.29, 0.717) is 6.10 Å². The molecule has 1 aromatic carbocycles. The minimum Gasteiger partial charge on any atom is -0.496 e. The summed E-state index contributed by atoms with van der Waals surface area (Å²) in [4.78, 5) is 2.41. The van der Waals surface area contributed by atoms with Gasteiger partial charge in [0, 0.05) is 45.3 Å². The van der Waals surface area contributed by atoms with Crippen LogP contribution in [0.15, 0.2) is 24.3 Å². The van der Waals surface area contributed by atoms with Gasteiger partial charge in [-0.3, -0.25) is 4.90 Å². The van der Waals surface area contributed by atoms with Gasteiger partial charge in [0.15, 0.2) is 0 Å². The number of benzene rings is 1. The molecule has 1 spiro atoms. The van der Waals surface area contributed by atoms with Crippen LogP contribution in [-0.2, 0) is 16.0 Å². The largest absolute Gasteiger partial charge is 0.496 e. The molecule has 1 aromatic rings. The van der Waals surface area contributed by atoms with Gasteiger partial charge in [-0.2, -0.15) is 0 Å². The predicted octanol–water partition coefficient (Wildman–Crippen LogP) is 2.08. The topological polar surface area (TPSA) is 30.9 Å². The van der Waals surface area contributed by atoms with Crippen molar-refractivity contribution in [2.24, 2.45) is 0 Å². The summed E-state index contributed by atoms with van der Waals surface area (Å²) < 4.78 is 16.9. The Morgan fingerprint density at radius 1 is 1.30 bits per heavy atom. The molecule has 20 heavy (non-hydrogen) atoms. The summed E-state index contributed by atoms with van der Waals surface area (Å²) in [7, 11) is 3.53. The van der Waals surface area contributed by atoms with E-state index in [1.165, 1.54) is 5.56 Å². The van der Waals surface area contributed by atoms with Crippen LogP contribution in [-0.4, -0.2) is 50.5 Å². The number of hydrogen-bond acceptors (Lipinski definition) is 4. The average molecular weight is 277 g/mol. The molecule has 0 amide bonds. The Kier molecular flexibility index (Phi) is 3.96. The number of rotatable bonds is 4. The van der Waals surface area contributed by atoms with Crippen LogP contribution >= 0.6 is 0 Å². The van der Waals surface area contributed by atoms with Crippen molar-refractivity contribution in [2.45, 2.75) is 31.1 Å². The van der Waals surface area contributed by atoms with Gasteiger partial charge in [-0.25, -0.2) is 0 Å². The summed E-state index contributed by atoms with van der Waals surface area (Å²) in [6.45, 7) is 3.73. The molecule has 4 heteroatoms. The molecule has 0 aliphatic carbocycles. The third kappa shape index (κ3) is 2.68. The van der Waals surface area contributed by atoms with Crippen molar-refractivity contribution < 1.29 is 14.2 Å². The minimum absolute atomic E-state index is 0.0287. The zero-order chi connectivity index (χ0) is 14.0. The van der Waals surface area contributed by atoms with Crippen LogP contribution in [0.3, 0.4) is 0 Å². The van der Waals surface area contributed by atoms with Gasteiger partial charge in [0.2, 0.25) is 0 Å². The first-order valence-electron chi connectivity index (χ1n) is 7.26. The fourth-order valence-corrected chi connectivity index (χ4v) is 3.36. The molecule has 1 atom stereocenters. The second-order valence-corrected chi connectivity index (χ2v) is 5.84. The Hall–Kier alpha value is -1.10. The lowest BCUT2D eigenvalue weighted by Gasteiger charge is -2.53. The molecule has 2 aliphatic heterocycles. The van der Waals surface area contributed by atoms with E-state index < -0.39 is 0 Å². The van der Waals surface area contributed by atoms with Gasteiger partial charge in [-0.05, 0) is 12.5 Å². The smallest absolute Gasteiger partial charge is 0.123 e. The molecule has 110 valence electrons. The van der Waals surface area contributed by atoms with Crippen LogP contribution in [0.1, 0.15) is 18.4 Å². The Labute approximate surface area is 120 Å². The van der Waals surface area contributed by atoms with E-state index in [-0.39, 0.29) is 5.60 Å². The van der Waals surface area contributed by atoms with Crippen LogP contribution in [0.4, 0.5) is 0 Å². The second kappa shape index (κ2) is 5.72. The molecule has 2 heterocycles. The van der Waals surface area contributed by atoms with Crippen LogP contribution in [0, 0.1) is 0 Å². The van der Waals surface area contributed by atoms with Gasteiger partial charge >= 0.3 is 0 Å². The highest BCUT2D eigenvalue weighted by atomic mass is 16.5. The van der Waals surface area contributed by atoms with Crippen molar-refractivity contribution in [1.82, 2.24) is 4.90 Å². The third-order valence-corrected chi connectivity index (χ3v) is 4.39. The van der Waals surface area contributed by atoms with Crippen LogP contribution < -0.4 is 4.74 Å². The summed E-state index contributed by atoms with van der Waals surface area (Å²) in [5.74, 6) is 0.966. The lowest BCUT2D eigenvalue weighted by atomic mass is 9.84. The van der Waals surface area contributed by atoms with Crippen molar-refractivity contribution in [3.8, 4) is 5.75 Å². The molecule has 2 saturated heterocycles. The van der Waals surface area contributed by atoms with Gasteiger partial charge in [-0.15, -0.1) is 0 Å². The summed E-state index contributed by atoms with van der Waals surface area (Å²) >= 11 is 0. The van der Waals surface area contributed by atoms with Crippen molar-refractivity contribution in [3.63, 3.8) is 0 Å². The Balaban J connectivity index is 1.58. The van der Waals surface area contributed by atoms with Gasteiger partial charge in [0.1, 0.15) is 5.75 Å². The molecule has 0 N–H and O–H groups in total. The quantitative estimate of drug-likeness (QED) is 0.843. The molecule has 2 fully saturated rings. The molecular weight excluding hydrogens is 254 g/mol. The molecule has 4 nitrogen and oxygen atoms in total. The third-order valence-electron chi connectivity index (χ3n) is 4.39. The molecule has 0 saturated carbocycles. The summed E-state index contributed by atoms with van der Waals surface area (Å²) in [5.41, 5.74) is 1.27. The molecular formula is C16H23NO3. The van der Waals surface area contributed by atoms with E-state index in [2.05, 4.69) is 17.0 Å². The Morgan fingerprint density at radius 2 is 2.10 bits per heavy atom. The standard InChI is InChI=1S/C16H23NO3/c1-18-14-7-8-20-16(9-14)11-17(12-16)10-13-5-3-4-6-15(13)19-2/h3-6,14H,7-12H2,1-2H3. The maximum absolute atomic E-state index is 6.01. The molecule has 0 radical (unpaired) electrons. The Morgan fingerprint density at radius 3 is 2.85 bits per heavy atom. The monoisotopic (exact) mass is 277 g/mol. The van der Waals surface area contributed by atoms with E-state index in [0.717, 1.165) is 44.8 Å². The first-order chi connectivity index (χ1) is 9.74. The zero-order valence-electron chi connectivity index (χ0n) is 12.3. The SMILES string of the molecule is COc1ccccc1CN1CC2(CC(OC)CCO2)C1. The summed E-state index contributed by atoms with van der Waals surface area (Å²) in [6, 6.07) is 8.21. The van der Waals surface area contributed by atoms with Crippen molar-refractivity contribution in [2.75, 3.05) is 33.9 Å². The van der Waals surface area contributed by atoms with Crippen LogP contribution in [0.25, 0.3) is 0 Å². The fraction of sp³-hybridized carbons (Fsp3) is 0.625. The summed E-state index contributed by atoms with van der Waals surface area (Å²) in [6.07, 6.45) is 2.40. The number of likely N-dealkylation sites (tertiary alicyclic amines) is 1. The van der Waals surface area contributed by atoms with Crippen molar-refractivity contribution in [1.29, 1.82) is 0 Å². The minimum atomic E-state index is 0.0287. The van der Waals surface area contributed by atoms with E-state index in [1.54, 1.807) is 14.2 Å². The maximum Gasteiger partial charge on any atom is 0.123 e. The lowest BCUT2D eigenvalue weighted by Crippen LogP contribution is -2.65. The van der Waals surface area contributed by atoms with Crippen LogP contribution in [0.2, 0.25) is 0 Å². The molecule has 0 aromatic heterocycles. The highest BCUT2D eigenvalue weighted by Crippen LogP contribution is 2.36. The zero-order valence-corrected chi connectivity index (χ0v) is 12.3. The van der Waals surface area contributed by atoms with Crippen LogP contribution in [0.5, 0.6) is 5.75 Å². The van der Waals surface area contributed by atoms with E-state index in [1.807, 2.05) is 12.1 Å². The molecule has 1 unspecified atom stereocenters. The van der Waals surface area contributed by atoms with Gasteiger partial charge in [-0.1, -0.05) is 18.2 Å². The number of methoxy groups -OCH3 is 2. The first-order valence-corrected chi connectivity index (χ1v) is 7.26. The molecule has 2 aliphatic rings. The highest BCUT2D eigenvalue weighted by Gasteiger charge is 2.47. The number of ether oxygens (including phenoxy) is 3. The van der Waals surface area contributed by atoms with Crippen molar-refractivity contribution >= 4 is 0 Å². The lowest BCUT2D eigenvalue weighted by molar-refractivity contribution is -0.195. The normalized spacial score (nSPS) is 25.4. The second-order valence-electron chi connectivity index (χ2n) is 5.84. The van der Waals surface area contributed by atoms with Gasteiger partial charge < -0.3 is 14.2 Å². The number of hydrogen-bond donors (Lipinski definition) is 0. The van der Waals surface area contributed by atoms with Gasteiger partial charge in [0.05, 0.1) is 18.8 Å². The average Bonchev–Trinajstić information content (AvgIpc) is 2.46. The van der Waals surface area contributed by atoms with E-state index >= 15 is 0 Å². The number of nitrogens with zero attached hydrogens (tertiary/aromatic N) is 1. The van der Waals surface area contributed by atoms with E-state index in [4.69, 9.17) is 14.2 Å². The van der Waals surface area contributed by atoms with Gasteiger partial charge in [0.25, 0.3) is 0 Å². The highest BCUT2D eigenvalue weighted by molar-refractivity contribution is 5.33. The summed E-state index contributed by atoms with van der Waals surface area (Å²) in [5, 5.41) is 0. The van der Waals surface area contributed by atoms with Crippen molar-refractivity contribution in [3.05, 3.63) is 29.8 Å². The Bertz CT molecular complexity index is 457.